The molecule has 23 heavy (non-hydrogen) atoms. The summed E-state index contributed by atoms with van der Waals surface area (Å²) in [5.74, 6) is -0.0821. The summed E-state index contributed by atoms with van der Waals surface area (Å²) in [6.45, 7) is 4.52. The summed E-state index contributed by atoms with van der Waals surface area (Å²) in [7, 11) is 0. The Kier molecular flexibility index (Phi) is 8.90. The number of hydrogen-bond acceptors (Lipinski definition) is 3. The van der Waals surface area contributed by atoms with E-state index >= 15 is 0 Å². The highest BCUT2D eigenvalue weighted by atomic mass is 35.5. The van der Waals surface area contributed by atoms with Crippen molar-refractivity contribution in [1.82, 2.24) is 14.9 Å². The van der Waals surface area contributed by atoms with Crippen LogP contribution in [0.2, 0.25) is 0 Å². The summed E-state index contributed by atoms with van der Waals surface area (Å²) in [5.41, 5.74) is 7.11. The standard InChI is InChI=1S/C16H22N4O.2ClH/c1-3-16(4-2,11-17)19-15(21)13-5-7-14(8-6-13)20-10-9-18-12-20;;/h5-10,12H,3-4,11,17H2,1-2H3,(H,19,21);2*1H. The predicted octanol–water partition coefficient (Wildman–Crippen LogP) is 2.96. The quantitative estimate of drug-likeness (QED) is 0.833. The van der Waals surface area contributed by atoms with Gasteiger partial charge in [-0.1, -0.05) is 13.8 Å². The van der Waals surface area contributed by atoms with Crippen LogP contribution in [-0.4, -0.2) is 27.5 Å². The van der Waals surface area contributed by atoms with Crippen molar-refractivity contribution < 1.29 is 4.79 Å². The molecule has 1 heterocycles. The van der Waals surface area contributed by atoms with Crippen molar-refractivity contribution in [3.8, 4) is 5.69 Å². The number of amides is 1. The van der Waals surface area contributed by atoms with Gasteiger partial charge < -0.3 is 15.6 Å². The molecule has 0 bridgehead atoms. The molecule has 128 valence electrons. The maximum Gasteiger partial charge on any atom is 0.251 e. The lowest BCUT2D eigenvalue weighted by molar-refractivity contribution is 0.0895. The van der Waals surface area contributed by atoms with Crippen molar-refractivity contribution in [2.45, 2.75) is 32.2 Å². The van der Waals surface area contributed by atoms with Crippen LogP contribution in [0.4, 0.5) is 0 Å². The first kappa shape index (κ1) is 21.4. The van der Waals surface area contributed by atoms with E-state index in [4.69, 9.17) is 5.73 Å². The number of imidazole rings is 1. The molecule has 0 aliphatic carbocycles. The van der Waals surface area contributed by atoms with Crippen LogP contribution in [0.25, 0.3) is 5.69 Å². The molecule has 5 nitrogen and oxygen atoms in total. The molecular formula is C16H24Cl2N4O. The summed E-state index contributed by atoms with van der Waals surface area (Å²) in [4.78, 5) is 16.4. The first-order chi connectivity index (χ1) is 10.1. The Labute approximate surface area is 149 Å². The molecule has 0 atom stereocenters. The van der Waals surface area contributed by atoms with Crippen LogP contribution < -0.4 is 11.1 Å². The number of rotatable bonds is 6. The van der Waals surface area contributed by atoms with E-state index in [0.717, 1.165) is 18.5 Å². The topological polar surface area (TPSA) is 72.9 Å². The molecule has 1 aromatic heterocycles. The van der Waals surface area contributed by atoms with Crippen molar-refractivity contribution in [2.24, 2.45) is 5.73 Å². The van der Waals surface area contributed by atoms with Crippen molar-refractivity contribution in [3.63, 3.8) is 0 Å². The number of benzene rings is 1. The van der Waals surface area contributed by atoms with Crippen LogP contribution in [0.3, 0.4) is 0 Å². The van der Waals surface area contributed by atoms with Gasteiger partial charge >= 0.3 is 0 Å². The molecule has 0 saturated heterocycles. The largest absolute Gasteiger partial charge is 0.345 e. The Bertz CT molecular complexity index is 572. The van der Waals surface area contributed by atoms with Gasteiger partial charge in [0.1, 0.15) is 0 Å². The highest BCUT2D eigenvalue weighted by Gasteiger charge is 2.26. The Morgan fingerprint density at radius 2 is 1.83 bits per heavy atom. The minimum Gasteiger partial charge on any atom is -0.345 e. The molecule has 2 aromatic rings. The molecule has 2 rings (SSSR count). The second-order valence-electron chi connectivity index (χ2n) is 5.16. The number of nitrogens with one attached hydrogen (secondary N) is 1. The Morgan fingerprint density at radius 1 is 1.22 bits per heavy atom. The van der Waals surface area contributed by atoms with Gasteiger partial charge in [0.15, 0.2) is 0 Å². The number of halogens is 2. The second-order valence-corrected chi connectivity index (χ2v) is 5.16. The number of carbonyl (C=O) groups excluding carboxylic acids is 1. The average Bonchev–Trinajstić information content (AvgIpc) is 3.07. The average molecular weight is 359 g/mol. The van der Waals surface area contributed by atoms with Gasteiger partial charge in [-0.3, -0.25) is 4.79 Å². The molecule has 7 heteroatoms. The zero-order valence-electron chi connectivity index (χ0n) is 13.4. The van der Waals surface area contributed by atoms with Gasteiger partial charge in [0.2, 0.25) is 0 Å². The maximum absolute atomic E-state index is 12.3. The number of carbonyl (C=O) groups is 1. The molecule has 0 aliphatic heterocycles. The van der Waals surface area contributed by atoms with Crippen molar-refractivity contribution >= 4 is 30.7 Å². The summed E-state index contributed by atoms with van der Waals surface area (Å²) in [5, 5.41) is 3.07. The molecule has 0 aliphatic rings. The van der Waals surface area contributed by atoms with E-state index in [1.807, 2.05) is 48.9 Å². The summed E-state index contributed by atoms with van der Waals surface area (Å²) in [6, 6.07) is 7.44. The summed E-state index contributed by atoms with van der Waals surface area (Å²) >= 11 is 0. The number of nitrogens with two attached hydrogens (primary N) is 1. The van der Waals surface area contributed by atoms with Crippen LogP contribution in [0.5, 0.6) is 0 Å². The monoisotopic (exact) mass is 358 g/mol. The van der Waals surface area contributed by atoms with E-state index < -0.39 is 0 Å². The summed E-state index contributed by atoms with van der Waals surface area (Å²) < 4.78 is 1.89. The van der Waals surface area contributed by atoms with Gasteiger partial charge in [0, 0.05) is 30.2 Å². The first-order valence-corrected chi connectivity index (χ1v) is 7.25. The van der Waals surface area contributed by atoms with Crippen molar-refractivity contribution in [3.05, 3.63) is 48.5 Å². The third kappa shape index (κ3) is 4.96. The fourth-order valence-electron chi connectivity index (χ4n) is 2.28. The summed E-state index contributed by atoms with van der Waals surface area (Å²) in [6.07, 6.45) is 6.95. The van der Waals surface area contributed by atoms with Crippen LogP contribution in [0.1, 0.15) is 37.0 Å². The highest BCUT2D eigenvalue weighted by molar-refractivity contribution is 5.94. The number of nitrogens with zero attached hydrogens (tertiary/aromatic N) is 2. The van der Waals surface area contributed by atoms with Gasteiger partial charge in [0.05, 0.1) is 11.9 Å². The van der Waals surface area contributed by atoms with E-state index in [9.17, 15) is 4.79 Å². The van der Waals surface area contributed by atoms with E-state index in [2.05, 4.69) is 10.3 Å². The third-order valence-corrected chi connectivity index (χ3v) is 4.06. The Balaban J connectivity index is 0.00000242. The minimum absolute atomic E-state index is 0. The smallest absolute Gasteiger partial charge is 0.251 e. The molecule has 0 fully saturated rings. The zero-order valence-corrected chi connectivity index (χ0v) is 15.0. The molecular weight excluding hydrogens is 335 g/mol. The normalized spacial score (nSPS) is 10.4. The minimum atomic E-state index is -0.319. The molecule has 0 radical (unpaired) electrons. The SMILES string of the molecule is CCC(CC)(CN)NC(=O)c1ccc(-n2ccnc2)cc1.Cl.Cl. The van der Waals surface area contributed by atoms with Crippen LogP contribution in [0, 0.1) is 0 Å². The van der Waals surface area contributed by atoms with Crippen LogP contribution in [-0.2, 0) is 0 Å². The lowest BCUT2D eigenvalue weighted by atomic mass is 9.92. The lowest BCUT2D eigenvalue weighted by Gasteiger charge is -2.31. The van der Waals surface area contributed by atoms with E-state index in [-0.39, 0.29) is 36.3 Å². The number of hydrogen-bond donors (Lipinski definition) is 2. The van der Waals surface area contributed by atoms with Gasteiger partial charge in [-0.2, -0.15) is 0 Å². The molecule has 0 spiro atoms. The zero-order chi connectivity index (χ0) is 15.3. The second kappa shape index (κ2) is 9.55. The predicted molar refractivity (Wildman–Crippen MR) is 97.9 cm³/mol. The van der Waals surface area contributed by atoms with Gasteiger partial charge in [-0.05, 0) is 37.1 Å². The molecule has 1 aromatic carbocycles. The van der Waals surface area contributed by atoms with Crippen molar-refractivity contribution in [2.75, 3.05) is 6.54 Å². The van der Waals surface area contributed by atoms with E-state index in [1.165, 1.54) is 0 Å². The molecule has 3 N–H and O–H groups in total. The molecule has 0 saturated carbocycles. The Morgan fingerprint density at radius 3 is 2.26 bits per heavy atom. The maximum atomic E-state index is 12.3. The first-order valence-electron chi connectivity index (χ1n) is 7.25. The fraction of sp³-hybridized carbons (Fsp3) is 0.375. The van der Waals surface area contributed by atoms with Gasteiger partial charge in [0.25, 0.3) is 5.91 Å². The lowest BCUT2D eigenvalue weighted by Crippen LogP contribution is -2.52. The van der Waals surface area contributed by atoms with Gasteiger partial charge in [-0.15, -0.1) is 24.8 Å². The van der Waals surface area contributed by atoms with Gasteiger partial charge in [-0.25, -0.2) is 4.98 Å². The van der Waals surface area contributed by atoms with Crippen LogP contribution >= 0.6 is 24.8 Å². The van der Waals surface area contributed by atoms with Crippen LogP contribution in [0.15, 0.2) is 43.0 Å². The van der Waals surface area contributed by atoms with E-state index in [1.54, 1.807) is 12.5 Å². The van der Waals surface area contributed by atoms with Crippen molar-refractivity contribution in [1.29, 1.82) is 0 Å². The third-order valence-electron chi connectivity index (χ3n) is 4.06. The Hall–Kier alpha value is -1.56. The highest BCUT2D eigenvalue weighted by Crippen LogP contribution is 2.15. The molecule has 0 unspecified atom stereocenters. The molecule has 1 amide bonds. The van der Waals surface area contributed by atoms with E-state index in [0.29, 0.717) is 12.1 Å². The number of aromatic nitrogens is 2. The fourth-order valence-corrected chi connectivity index (χ4v) is 2.28.